The fourth-order valence-electron chi connectivity index (χ4n) is 4.69. The average molecular weight is 503 g/mol. The molecule has 0 radical (unpaired) electrons. The monoisotopic (exact) mass is 502 g/mol. The second-order valence-electron chi connectivity index (χ2n) is 8.63. The van der Waals surface area contributed by atoms with Crippen LogP contribution in [0, 0.1) is 10.1 Å². The summed E-state index contributed by atoms with van der Waals surface area (Å²) in [6, 6.07) is 23.4. The maximum absolute atomic E-state index is 13.5. The highest BCUT2D eigenvalue weighted by Crippen LogP contribution is 2.34. The largest absolute Gasteiger partial charge is 0.362 e. The van der Waals surface area contributed by atoms with Crippen molar-refractivity contribution >= 4 is 39.8 Å². The molecule has 0 spiro atoms. The van der Waals surface area contributed by atoms with Gasteiger partial charge in [0.2, 0.25) is 0 Å². The standard InChI is InChI=1S/C27H23ClN4O4/c28-21-12-10-20(11-13-21)26(33)30-16-14-29(15-17-30)24-22-8-4-5-9-23(22)31(27(34)25(24)32(35)36)18-19-6-2-1-3-7-19/h1-13H,14-18H2. The van der Waals surface area contributed by atoms with Gasteiger partial charge in [0.15, 0.2) is 0 Å². The van der Waals surface area contributed by atoms with Gasteiger partial charge in [-0.15, -0.1) is 0 Å². The van der Waals surface area contributed by atoms with Crippen LogP contribution in [0.2, 0.25) is 5.02 Å². The summed E-state index contributed by atoms with van der Waals surface area (Å²) in [5.41, 5.74) is 1.27. The zero-order valence-corrected chi connectivity index (χ0v) is 20.1. The highest BCUT2D eigenvalue weighted by molar-refractivity contribution is 6.30. The molecule has 1 aliphatic rings. The molecular formula is C27H23ClN4O4. The van der Waals surface area contributed by atoms with Gasteiger partial charge in [-0.3, -0.25) is 24.3 Å². The third kappa shape index (κ3) is 4.43. The molecule has 1 fully saturated rings. The zero-order valence-electron chi connectivity index (χ0n) is 19.3. The van der Waals surface area contributed by atoms with Crippen LogP contribution >= 0.6 is 11.6 Å². The molecule has 0 N–H and O–H groups in total. The number of nitrogens with zero attached hydrogens (tertiary/aromatic N) is 4. The summed E-state index contributed by atoms with van der Waals surface area (Å²) < 4.78 is 1.46. The Morgan fingerprint density at radius 3 is 2.19 bits per heavy atom. The highest BCUT2D eigenvalue weighted by atomic mass is 35.5. The molecule has 1 aromatic heterocycles. The summed E-state index contributed by atoms with van der Waals surface area (Å²) in [6.07, 6.45) is 0. The number of rotatable bonds is 5. The molecule has 1 saturated heterocycles. The number of halogens is 1. The van der Waals surface area contributed by atoms with E-state index in [9.17, 15) is 19.7 Å². The van der Waals surface area contributed by atoms with Gasteiger partial charge in [-0.2, -0.15) is 0 Å². The van der Waals surface area contributed by atoms with Crippen molar-refractivity contribution in [2.24, 2.45) is 0 Å². The Labute approximate surface area is 212 Å². The van der Waals surface area contributed by atoms with Crippen LogP contribution in [0.15, 0.2) is 83.7 Å². The van der Waals surface area contributed by atoms with Gasteiger partial charge in [-0.25, -0.2) is 0 Å². The number of hydrogen-bond acceptors (Lipinski definition) is 5. The van der Waals surface area contributed by atoms with Crippen molar-refractivity contribution in [3.63, 3.8) is 0 Å². The number of benzene rings is 3. The Kier molecular flexibility index (Phi) is 6.43. The van der Waals surface area contributed by atoms with Crippen molar-refractivity contribution in [3.05, 3.63) is 115 Å². The average Bonchev–Trinajstić information content (AvgIpc) is 2.90. The summed E-state index contributed by atoms with van der Waals surface area (Å²) >= 11 is 5.93. The number of carbonyl (C=O) groups is 1. The van der Waals surface area contributed by atoms with E-state index in [2.05, 4.69) is 0 Å². The lowest BCUT2D eigenvalue weighted by molar-refractivity contribution is -0.385. The van der Waals surface area contributed by atoms with E-state index >= 15 is 0 Å². The van der Waals surface area contributed by atoms with Crippen LogP contribution in [0.1, 0.15) is 15.9 Å². The molecule has 0 atom stereocenters. The minimum atomic E-state index is -0.641. The van der Waals surface area contributed by atoms with Gasteiger partial charge in [0.05, 0.1) is 17.0 Å². The Balaban J connectivity index is 1.51. The molecule has 9 heteroatoms. The molecule has 0 unspecified atom stereocenters. The third-order valence-corrected chi connectivity index (χ3v) is 6.71. The number of fused-ring (bicyclic) bond motifs is 1. The molecule has 4 aromatic rings. The van der Waals surface area contributed by atoms with Crippen LogP contribution < -0.4 is 10.5 Å². The maximum Gasteiger partial charge on any atom is 0.357 e. The molecule has 0 saturated carbocycles. The summed E-state index contributed by atoms with van der Waals surface area (Å²) in [5, 5.41) is 13.4. The van der Waals surface area contributed by atoms with Gasteiger partial charge >= 0.3 is 11.2 Å². The molecule has 2 heterocycles. The van der Waals surface area contributed by atoms with E-state index in [1.54, 1.807) is 29.2 Å². The first-order valence-electron chi connectivity index (χ1n) is 11.6. The number of nitro groups is 1. The summed E-state index contributed by atoms with van der Waals surface area (Å²) in [4.78, 5) is 41.6. The lowest BCUT2D eigenvalue weighted by Gasteiger charge is -2.36. The van der Waals surface area contributed by atoms with E-state index in [1.165, 1.54) is 4.57 Å². The number of amides is 1. The number of hydrogen-bond donors (Lipinski definition) is 0. The van der Waals surface area contributed by atoms with E-state index in [-0.39, 0.29) is 12.5 Å². The smallest absolute Gasteiger partial charge is 0.357 e. The Morgan fingerprint density at radius 1 is 0.889 bits per heavy atom. The normalized spacial score (nSPS) is 13.7. The molecule has 0 aliphatic carbocycles. The molecular weight excluding hydrogens is 480 g/mol. The molecule has 5 rings (SSSR count). The number of anilines is 1. The molecule has 1 amide bonds. The van der Waals surface area contributed by atoms with Crippen LogP contribution in [0.25, 0.3) is 10.9 Å². The lowest BCUT2D eigenvalue weighted by Crippen LogP contribution is -2.49. The minimum Gasteiger partial charge on any atom is -0.362 e. The fraction of sp³-hybridized carbons (Fsp3) is 0.185. The first-order valence-corrected chi connectivity index (χ1v) is 12.0. The quantitative estimate of drug-likeness (QED) is 0.294. The van der Waals surface area contributed by atoms with Crippen molar-refractivity contribution in [2.45, 2.75) is 6.54 Å². The van der Waals surface area contributed by atoms with E-state index in [0.29, 0.717) is 53.4 Å². The first-order chi connectivity index (χ1) is 17.4. The first kappa shape index (κ1) is 23.6. The number of aromatic nitrogens is 1. The van der Waals surface area contributed by atoms with Crippen LogP contribution in [0.3, 0.4) is 0 Å². The highest BCUT2D eigenvalue weighted by Gasteiger charge is 2.32. The second-order valence-corrected chi connectivity index (χ2v) is 9.07. The van der Waals surface area contributed by atoms with Crippen LogP contribution in [-0.4, -0.2) is 46.5 Å². The molecule has 8 nitrogen and oxygen atoms in total. The van der Waals surface area contributed by atoms with Crippen LogP contribution in [-0.2, 0) is 6.54 Å². The SMILES string of the molecule is O=C(c1ccc(Cl)cc1)N1CCN(c2c([N+](=O)[O-])c(=O)n(Cc3ccccc3)c3ccccc23)CC1. The van der Waals surface area contributed by atoms with Crippen molar-refractivity contribution in [2.75, 3.05) is 31.1 Å². The zero-order chi connectivity index (χ0) is 25.2. The Bertz CT molecular complexity index is 1490. The number of carbonyl (C=O) groups excluding carboxylic acids is 1. The summed E-state index contributed by atoms with van der Waals surface area (Å²) in [5.74, 6) is -0.121. The molecule has 0 bridgehead atoms. The molecule has 36 heavy (non-hydrogen) atoms. The maximum atomic E-state index is 13.5. The third-order valence-electron chi connectivity index (χ3n) is 6.46. The van der Waals surface area contributed by atoms with E-state index < -0.39 is 16.2 Å². The molecule has 3 aromatic carbocycles. The van der Waals surface area contributed by atoms with Crippen molar-refractivity contribution in [3.8, 4) is 0 Å². The van der Waals surface area contributed by atoms with Gasteiger partial charge in [0, 0.05) is 42.2 Å². The van der Waals surface area contributed by atoms with Crippen LogP contribution in [0.4, 0.5) is 11.4 Å². The van der Waals surface area contributed by atoms with E-state index in [4.69, 9.17) is 11.6 Å². The predicted molar refractivity (Wildman–Crippen MR) is 140 cm³/mol. The molecule has 182 valence electrons. The van der Waals surface area contributed by atoms with Crippen molar-refractivity contribution < 1.29 is 9.72 Å². The van der Waals surface area contributed by atoms with Gasteiger partial charge in [0.25, 0.3) is 5.91 Å². The minimum absolute atomic E-state index is 0.121. The molecule has 1 aliphatic heterocycles. The predicted octanol–water partition coefficient (Wildman–Crippen LogP) is 4.57. The number of para-hydroxylation sites is 1. The second kappa shape index (κ2) is 9.83. The Morgan fingerprint density at radius 2 is 1.53 bits per heavy atom. The van der Waals surface area contributed by atoms with Crippen molar-refractivity contribution in [1.29, 1.82) is 0 Å². The topological polar surface area (TPSA) is 88.7 Å². The van der Waals surface area contributed by atoms with E-state index in [1.807, 2.05) is 59.5 Å². The fourth-order valence-corrected chi connectivity index (χ4v) is 4.82. The van der Waals surface area contributed by atoms with Gasteiger partial charge in [-0.1, -0.05) is 60.1 Å². The van der Waals surface area contributed by atoms with Gasteiger partial charge < -0.3 is 9.80 Å². The van der Waals surface area contributed by atoms with Gasteiger partial charge in [-0.05, 0) is 35.9 Å². The number of pyridine rings is 1. The Hall–Kier alpha value is -4.17. The van der Waals surface area contributed by atoms with Crippen LogP contribution in [0.5, 0.6) is 0 Å². The van der Waals surface area contributed by atoms with E-state index in [0.717, 1.165) is 5.56 Å². The summed E-state index contributed by atoms with van der Waals surface area (Å²) in [7, 11) is 0. The summed E-state index contributed by atoms with van der Waals surface area (Å²) in [6.45, 7) is 1.71. The lowest BCUT2D eigenvalue weighted by atomic mass is 10.1. The van der Waals surface area contributed by atoms with Crippen molar-refractivity contribution in [1.82, 2.24) is 9.47 Å². The number of piperazine rings is 1. The van der Waals surface area contributed by atoms with Gasteiger partial charge in [0.1, 0.15) is 5.69 Å².